The highest BCUT2D eigenvalue weighted by Crippen LogP contribution is 2.27. The lowest BCUT2D eigenvalue weighted by atomic mass is 10.1. The van der Waals surface area contributed by atoms with E-state index in [1.165, 1.54) is 0 Å². The summed E-state index contributed by atoms with van der Waals surface area (Å²) in [5, 5.41) is 3.02. The minimum Gasteiger partial charge on any atom is -0.480 e. The van der Waals surface area contributed by atoms with Crippen LogP contribution in [-0.4, -0.2) is 17.8 Å². The van der Waals surface area contributed by atoms with Crippen molar-refractivity contribution >= 4 is 23.4 Å². The van der Waals surface area contributed by atoms with E-state index in [1.807, 2.05) is 63.2 Å². The Morgan fingerprint density at radius 1 is 1.17 bits per heavy atom. The Hall–Kier alpha value is -1.94. The fraction of sp³-hybridized carbons (Fsp3) is 0.350. The second-order valence-corrected chi connectivity index (χ2v) is 7.01. The zero-order valence-electron chi connectivity index (χ0n) is 14.8. The Morgan fingerprint density at radius 2 is 1.92 bits per heavy atom. The fourth-order valence-corrected chi connectivity index (χ4v) is 3.13. The number of ether oxygens (including phenoxy) is 1. The van der Waals surface area contributed by atoms with Gasteiger partial charge in [0.15, 0.2) is 6.10 Å². The average Bonchev–Trinajstić information content (AvgIpc) is 2.57. The van der Waals surface area contributed by atoms with E-state index in [1.54, 1.807) is 11.8 Å². The normalized spacial score (nSPS) is 11.8. The van der Waals surface area contributed by atoms with E-state index in [0.29, 0.717) is 6.42 Å². The number of rotatable bonds is 7. The Kier molecular flexibility index (Phi) is 6.73. The van der Waals surface area contributed by atoms with Crippen LogP contribution in [0, 0.1) is 13.8 Å². The third-order valence-corrected chi connectivity index (χ3v) is 4.68. The maximum absolute atomic E-state index is 12.7. The van der Waals surface area contributed by atoms with E-state index in [-0.39, 0.29) is 5.91 Å². The molecular weight excluding hydrogens is 318 g/mol. The summed E-state index contributed by atoms with van der Waals surface area (Å²) in [6, 6.07) is 13.9. The molecule has 0 fully saturated rings. The quantitative estimate of drug-likeness (QED) is 0.701. The highest BCUT2D eigenvalue weighted by Gasteiger charge is 2.20. The molecule has 2 rings (SSSR count). The zero-order valence-corrected chi connectivity index (χ0v) is 15.6. The Labute approximate surface area is 148 Å². The van der Waals surface area contributed by atoms with Crippen LogP contribution >= 0.6 is 11.8 Å². The van der Waals surface area contributed by atoms with Gasteiger partial charge in [0.25, 0.3) is 5.91 Å². The topological polar surface area (TPSA) is 38.3 Å². The van der Waals surface area contributed by atoms with Crippen LogP contribution in [0.15, 0.2) is 47.4 Å². The lowest BCUT2D eigenvalue weighted by Crippen LogP contribution is -2.32. The summed E-state index contributed by atoms with van der Waals surface area (Å²) in [4.78, 5) is 13.7. The average molecular weight is 343 g/mol. The van der Waals surface area contributed by atoms with Gasteiger partial charge in [0, 0.05) is 4.90 Å². The van der Waals surface area contributed by atoms with Crippen molar-refractivity contribution in [2.45, 2.75) is 45.1 Å². The number of anilines is 1. The van der Waals surface area contributed by atoms with Crippen molar-refractivity contribution in [2.75, 3.05) is 11.1 Å². The standard InChI is InChI=1S/C20H25NO2S/c1-5-17(23-18-13-14(3)11-12-15(18)4)20(22)21-16-9-7-8-10-19(16)24-6-2/h7-13,17H,5-6H2,1-4H3,(H,21,22)/t17-/m1/s1. The van der Waals surface area contributed by atoms with Crippen molar-refractivity contribution in [3.05, 3.63) is 53.6 Å². The first-order chi connectivity index (χ1) is 11.5. The molecule has 128 valence electrons. The summed E-state index contributed by atoms with van der Waals surface area (Å²) in [6.07, 6.45) is 0.104. The van der Waals surface area contributed by atoms with Crippen LogP contribution in [-0.2, 0) is 4.79 Å². The van der Waals surface area contributed by atoms with Gasteiger partial charge in [-0.25, -0.2) is 0 Å². The number of para-hydroxylation sites is 1. The predicted molar refractivity (Wildman–Crippen MR) is 102 cm³/mol. The molecule has 0 aliphatic carbocycles. The van der Waals surface area contributed by atoms with E-state index in [0.717, 1.165) is 33.2 Å². The van der Waals surface area contributed by atoms with E-state index < -0.39 is 6.10 Å². The summed E-state index contributed by atoms with van der Waals surface area (Å²) >= 11 is 1.72. The van der Waals surface area contributed by atoms with Crippen molar-refractivity contribution in [3.8, 4) is 5.75 Å². The predicted octanol–water partition coefficient (Wildman–Crippen LogP) is 5.21. The van der Waals surface area contributed by atoms with Crippen molar-refractivity contribution in [3.63, 3.8) is 0 Å². The lowest BCUT2D eigenvalue weighted by molar-refractivity contribution is -0.122. The smallest absolute Gasteiger partial charge is 0.265 e. The van der Waals surface area contributed by atoms with Gasteiger partial charge in [-0.05, 0) is 55.3 Å². The SMILES string of the molecule is CCSc1ccccc1NC(=O)[C@@H](CC)Oc1cc(C)ccc1C. The number of carbonyl (C=O) groups excluding carboxylic acids is 1. The molecule has 0 heterocycles. The molecule has 3 nitrogen and oxygen atoms in total. The largest absolute Gasteiger partial charge is 0.480 e. The van der Waals surface area contributed by atoms with Crippen LogP contribution in [0.2, 0.25) is 0 Å². The maximum atomic E-state index is 12.7. The molecule has 4 heteroatoms. The molecule has 0 aliphatic rings. The molecule has 0 aromatic heterocycles. The van der Waals surface area contributed by atoms with Crippen LogP contribution < -0.4 is 10.1 Å². The number of carbonyl (C=O) groups is 1. The van der Waals surface area contributed by atoms with Gasteiger partial charge in [0.05, 0.1) is 5.69 Å². The number of aryl methyl sites for hydroxylation is 2. The van der Waals surface area contributed by atoms with E-state index >= 15 is 0 Å². The molecule has 2 aromatic carbocycles. The van der Waals surface area contributed by atoms with E-state index in [9.17, 15) is 4.79 Å². The second-order valence-electron chi connectivity index (χ2n) is 5.70. The molecule has 0 unspecified atom stereocenters. The number of amides is 1. The molecule has 0 aliphatic heterocycles. The third-order valence-electron chi connectivity index (χ3n) is 3.72. The summed E-state index contributed by atoms with van der Waals surface area (Å²) in [7, 11) is 0. The molecule has 24 heavy (non-hydrogen) atoms. The van der Waals surface area contributed by atoms with Gasteiger partial charge in [0.2, 0.25) is 0 Å². The summed E-state index contributed by atoms with van der Waals surface area (Å²) in [5.74, 6) is 1.62. The van der Waals surface area contributed by atoms with Gasteiger partial charge in [0.1, 0.15) is 5.75 Å². The van der Waals surface area contributed by atoms with Crippen LogP contribution in [0.4, 0.5) is 5.69 Å². The van der Waals surface area contributed by atoms with Crippen molar-refractivity contribution < 1.29 is 9.53 Å². The molecular formula is C20H25NO2S. The van der Waals surface area contributed by atoms with Crippen molar-refractivity contribution in [2.24, 2.45) is 0 Å². The summed E-state index contributed by atoms with van der Waals surface area (Å²) < 4.78 is 5.99. The van der Waals surface area contributed by atoms with Gasteiger partial charge in [-0.1, -0.05) is 38.1 Å². The monoisotopic (exact) mass is 343 g/mol. The van der Waals surface area contributed by atoms with Crippen molar-refractivity contribution in [1.82, 2.24) is 0 Å². The highest BCUT2D eigenvalue weighted by molar-refractivity contribution is 7.99. The molecule has 1 atom stereocenters. The molecule has 1 N–H and O–H groups in total. The molecule has 1 amide bonds. The van der Waals surface area contributed by atoms with Crippen molar-refractivity contribution in [1.29, 1.82) is 0 Å². The first-order valence-electron chi connectivity index (χ1n) is 8.31. The van der Waals surface area contributed by atoms with E-state index in [2.05, 4.69) is 12.2 Å². The fourth-order valence-electron chi connectivity index (χ4n) is 2.37. The highest BCUT2D eigenvalue weighted by atomic mass is 32.2. The maximum Gasteiger partial charge on any atom is 0.265 e. The van der Waals surface area contributed by atoms with Crippen LogP contribution in [0.1, 0.15) is 31.4 Å². The molecule has 0 saturated heterocycles. The number of thioether (sulfide) groups is 1. The Morgan fingerprint density at radius 3 is 2.62 bits per heavy atom. The number of nitrogens with one attached hydrogen (secondary N) is 1. The zero-order chi connectivity index (χ0) is 17.5. The first-order valence-corrected chi connectivity index (χ1v) is 9.30. The number of benzene rings is 2. The minimum atomic E-state index is -0.509. The summed E-state index contributed by atoms with van der Waals surface area (Å²) in [5.41, 5.74) is 3.00. The Bertz CT molecular complexity index is 700. The molecule has 2 aromatic rings. The lowest BCUT2D eigenvalue weighted by Gasteiger charge is -2.20. The second kappa shape index (κ2) is 8.78. The molecule has 0 saturated carbocycles. The molecule has 0 bridgehead atoms. The molecule has 0 spiro atoms. The van der Waals surface area contributed by atoms with Gasteiger partial charge < -0.3 is 10.1 Å². The Balaban J connectivity index is 2.13. The number of hydrogen-bond donors (Lipinski definition) is 1. The molecule has 0 radical (unpaired) electrons. The minimum absolute atomic E-state index is 0.109. The van der Waals surface area contributed by atoms with Crippen LogP contribution in [0.25, 0.3) is 0 Å². The van der Waals surface area contributed by atoms with Gasteiger partial charge in [-0.3, -0.25) is 4.79 Å². The van der Waals surface area contributed by atoms with Crippen LogP contribution in [0.5, 0.6) is 5.75 Å². The van der Waals surface area contributed by atoms with Gasteiger partial charge in [-0.2, -0.15) is 0 Å². The van der Waals surface area contributed by atoms with E-state index in [4.69, 9.17) is 4.74 Å². The van der Waals surface area contributed by atoms with Gasteiger partial charge >= 0.3 is 0 Å². The first kappa shape index (κ1) is 18.4. The van der Waals surface area contributed by atoms with Gasteiger partial charge in [-0.15, -0.1) is 11.8 Å². The third kappa shape index (κ3) is 4.78. The number of hydrogen-bond acceptors (Lipinski definition) is 3. The van der Waals surface area contributed by atoms with Crippen LogP contribution in [0.3, 0.4) is 0 Å². The summed E-state index contributed by atoms with van der Waals surface area (Å²) in [6.45, 7) is 8.07.